The molecule has 0 spiro atoms. The summed E-state index contributed by atoms with van der Waals surface area (Å²) < 4.78 is 5.44. The first-order valence-corrected chi connectivity index (χ1v) is 8.15. The van der Waals surface area contributed by atoms with Crippen LogP contribution in [0, 0.1) is 5.92 Å². The van der Waals surface area contributed by atoms with Crippen molar-refractivity contribution in [2.24, 2.45) is 5.92 Å². The molecule has 20 heavy (non-hydrogen) atoms. The number of rotatable bonds is 3. The van der Waals surface area contributed by atoms with E-state index in [9.17, 15) is 4.79 Å². The van der Waals surface area contributed by atoms with Crippen LogP contribution < -0.4 is 5.32 Å². The Morgan fingerprint density at radius 2 is 2.00 bits per heavy atom. The molecule has 2 atom stereocenters. The van der Waals surface area contributed by atoms with Gasteiger partial charge in [0.2, 0.25) is 5.91 Å². The van der Waals surface area contributed by atoms with Gasteiger partial charge in [0.15, 0.2) is 0 Å². The quantitative estimate of drug-likeness (QED) is 0.809. The van der Waals surface area contributed by atoms with Gasteiger partial charge in [-0.1, -0.05) is 6.42 Å². The molecule has 3 aliphatic rings. The number of piperidine rings is 1. The number of hydrogen-bond acceptors (Lipinski definition) is 4. The zero-order chi connectivity index (χ0) is 13.8. The Morgan fingerprint density at radius 3 is 2.65 bits per heavy atom. The van der Waals surface area contributed by atoms with E-state index in [1.807, 2.05) is 0 Å². The summed E-state index contributed by atoms with van der Waals surface area (Å²) in [5.41, 5.74) is 0. The molecule has 3 saturated heterocycles. The van der Waals surface area contributed by atoms with Crippen LogP contribution in [0.5, 0.6) is 0 Å². The molecule has 0 aliphatic carbocycles. The maximum atomic E-state index is 12.4. The Hall–Kier alpha value is -0.650. The Kier molecular flexibility index (Phi) is 4.91. The van der Waals surface area contributed by atoms with Gasteiger partial charge in [0.25, 0.3) is 0 Å². The molecule has 3 rings (SSSR count). The van der Waals surface area contributed by atoms with E-state index >= 15 is 0 Å². The van der Waals surface area contributed by atoms with Crippen molar-refractivity contribution in [3.63, 3.8) is 0 Å². The van der Waals surface area contributed by atoms with Crippen LogP contribution in [-0.2, 0) is 9.53 Å². The van der Waals surface area contributed by atoms with Crippen LogP contribution in [0.1, 0.15) is 25.7 Å². The predicted octanol–water partition coefficient (Wildman–Crippen LogP) is 0.309. The van der Waals surface area contributed by atoms with E-state index in [4.69, 9.17) is 4.74 Å². The summed E-state index contributed by atoms with van der Waals surface area (Å²) in [5, 5.41) is 3.36. The third-order valence-electron chi connectivity index (χ3n) is 4.83. The Balaban J connectivity index is 1.41. The van der Waals surface area contributed by atoms with Crippen molar-refractivity contribution in [3.05, 3.63) is 0 Å². The van der Waals surface area contributed by atoms with Crippen molar-refractivity contribution in [3.8, 4) is 0 Å². The minimum absolute atomic E-state index is 0.0820. The molecule has 0 saturated carbocycles. The van der Waals surface area contributed by atoms with Gasteiger partial charge in [-0.25, -0.2) is 0 Å². The highest BCUT2D eigenvalue weighted by molar-refractivity contribution is 5.82. The van der Waals surface area contributed by atoms with E-state index in [0.29, 0.717) is 11.8 Å². The number of nitrogens with one attached hydrogen (secondary N) is 1. The van der Waals surface area contributed by atoms with E-state index in [-0.39, 0.29) is 6.04 Å². The first kappa shape index (κ1) is 14.3. The molecule has 3 fully saturated rings. The summed E-state index contributed by atoms with van der Waals surface area (Å²) in [6.07, 6.45) is 4.61. The van der Waals surface area contributed by atoms with Crippen LogP contribution in [0.3, 0.4) is 0 Å². The number of carbonyl (C=O) groups excluding carboxylic acids is 1. The molecule has 5 heteroatoms. The standard InChI is InChI=1S/C15H27N3O2/c19-15(14-3-1-2-5-16-14)18-8-6-17(7-9-18)11-13-4-10-20-12-13/h13-14,16H,1-12H2/t13?,14-/m1/s1. The Morgan fingerprint density at radius 1 is 1.15 bits per heavy atom. The van der Waals surface area contributed by atoms with Gasteiger partial charge in [-0.2, -0.15) is 0 Å². The van der Waals surface area contributed by atoms with Crippen LogP contribution in [0.4, 0.5) is 0 Å². The fourth-order valence-electron chi connectivity index (χ4n) is 3.53. The summed E-state index contributed by atoms with van der Waals surface area (Å²) in [6, 6.07) is 0.0820. The second-order valence-corrected chi connectivity index (χ2v) is 6.36. The molecule has 1 N–H and O–H groups in total. The smallest absolute Gasteiger partial charge is 0.239 e. The molecule has 0 radical (unpaired) electrons. The fraction of sp³-hybridized carbons (Fsp3) is 0.933. The van der Waals surface area contributed by atoms with Gasteiger partial charge < -0.3 is 15.0 Å². The predicted molar refractivity (Wildman–Crippen MR) is 77.6 cm³/mol. The van der Waals surface area contributed by atoms with E-state index in [2.05, 4.69) is 15.1 Å². The zero-order valence-corrected chi connectivity index (χ0v) is 12.4. The lowest BCUT2D eigenvalue weighted by molar-refractivity contribution is -0.135. The molecule has 3 aliphatic heterocycles. The normalized spacial score (nSPS) is 32.5. The molecule has 3 heterocycles. The first-order valence-electron chi connectivity index (χ1n) is 8.15. The highest BCUT2D eigenvalue weighted by Crippen LogP contribution is 2.16. The highest BCUT2D eigenvalue weighted by atomic mass is 16.5. The molecule has 114 valence electrons. The van der Waals surface area contributed by atoms with Crippen molar-refractivity contribution >= 4 is 5.91 Å². The molecular weight excluding hydrogens is 254 g/mol. The maximum absolute atomic E-state index is 12.4. The summed E-state index contributed by atoms with van der Waals surface area (Å²) in [6.45, 7) is 7.82. The summed E-state index contributed by atoms with van der Waals surface area (Å²) in [4.78, 5) is 17.0. The van der Waals surface area contributed by atoms with Gasteiger partial charge in [0, 0.05) is 39.3 Å². The first-order chi connectivity index (χ1) is 9.83. The summed E-state index contributed by atoms with van der Waals surface area (Å²) in [5.74, 6) is 1.03. The minimum atomic E-state index is 0.0820. The largest absolute Gasteiger partial charge is 0.381 e. The average Bonchev–Trinajstić information content (AvgIpc) is 3.01. The van der Waals surface area contributed by atoms with Gasteiger partial charge in [-0.15, -0.1) is 0 Å². The summed E-state index contributed by atoms with van der Waals surface area (Å²) >= 11 is 0. The van der Waals surface area contributed by atoms with Crippen molar-refractivity contribution in [2.45, 2.75) is 31.7 Å². The lowest BCUT2D eigenvalue weighted by Gasteiger charge is -2.38. The van der Waals surface area contributed by atoms with E-state index in [1.165, 1.54) is 19.3 Å². The third kappa shape index (κ3) is 3.51. The van der Waals surface area contributed by atoms with E-state index in [1.54, 1.807) is 0 Å². The van der Waals surface area contributed by atoms with Gasteiger partial charge in [0.1, 0.15) is 0 Å². The number of amides is 1. The molecular formula is C15H27N3O2. The second kappa shape index (κ2) is 6.87. The van der Waals surface area contributed by atoms with Crippen LogP contribution in [0.25, 0.3) is 0 Å². The lowest BCUT2D eigenvalue weighted by atomic mass is 10.0. The maximum Gasteiger partial charge on any atom is 0.239 e. The van der Waals surface area contributed by atoms with Gasteiger partial charge in [0.05, 0.1) is 12.6 Å². The highest BCUT2D eigenvalue weighted by Gasteiger charge is 2.29. The van der Waals surface area contributed by atoms with Crippen molar-refractivity contribution in [2.75, 3.05) is 52.5 Å². The molecule has 1 amide bonds. The van der Waals surface area contributed by atoms with Gasteiger partial charge >= 0.3 is 0 Å². The molecule has 0 aromatic heterocycles. The molecule has 5 nitrogen and oxygen atoms in total. The Bertz CT molecular complexity index is 317. The van der Waals surface area contributed by atoms with Crippen LogP contribution in [-0.4, -0.2) is 74.2 Å². The molecule has 0 bridgehead atoms. The number of carbonyl (C=O) groups is 1. The zero-order valence-electron chi connectivity index (χ0n) is 12.4. The van der Waals surface area contributed by atoms with Crippen molar-refractivity contribution < 1.29 is 9.53 Å². The second-order valence-electron chi connectivity index (χ2n) is 6.36. The molecule has 0 aromatic rings. The van der Waals surface area contributed by atoms with Crippen molar-refractivity contribution in [1.82, 2.24) is 15.1 Å². The Labute approximate surface area is 121 Å². The molecule has 0 aromatic carbocycles. The van der Waals surface area contributed by atoms with Crippen molar-refractivity contribution in [1.29, 1.82) is 0 Å². The summed E-state index contributed by atoms with van der Waals surface area (Å²) in [7, 11) is 0. The topological polar surface area (TPSA) is 44.8 Å². The van der Waals surface area contributed by atoms with E-state index < -0.39 is 0 Å². The number of ether oxygens (including phenoxy) is 1. The lowest BCUT2D eigenvalue weighted by Crippen LogP contribution is -2.55. The molecule has 1 unspecified atom stereocenters. The van der Waals surface area contributed by atoms with E-state index in [0.717, 1.165) is 58.9 Å². The number of piperazine rings is 1. The van der Waals surface area contributed by atoms with Crippen LogP contribution in [0.15, 0.2) is 0 Å². The number of nitrogens with zero attached hydrogens (tertiary/aromatic N) is 2. The fourth-order valence-corrected chi connectivity index (χ4v) is 3.53. The average molecular weight is 281 g/mol. The minimum Gasteiger partial charge on any atom is -0.381 e. The monoisotopic (exact) mass is 281 g/mol. The van der Waals surface area contributed by atoms with Gasteiger partial charge in [-0.3, -0.25) is 9.69 Å². The van der Waals surface area contributed by atoms with Crippen LogP contribution in [0.2, 0.25) is 0 Å². The SMILES string of the molecule is O=C([C@H]1CCCCN1)N1CCN(CC2CCOC2)CC1. The number of hydrogen-bond donors (Lipinski definition) is 1. The van der Waals surface area contributed by atoms with Gasteiger partial charge in [-0.05, 0) is 31.7 Å². The third-order valence-corrected chi connectivity index (χ3v) is 4.83. The van der Waals surface area contributed by atoms with Crippen LogP contribution >= 0.6 is 0 Å².